The Labute approximate surface area is 171 Å². The van der Waals surface area contributed by atoms with Crippen LogP contribution < -0.4 is 11.2 Å². The summed E-state index contributed by atoms with van der Waals surface area (Å²) in [6.45, 7) is 2.04. The maximum atomic E-state index is 12.5. The summed E-state index contributed by atoms with van der Waals surface area (Å²) in [6, 6.07) is 19.6. The average molecular weight is 405 g/mol. The molecule has 4 rings (SSSR count). The van der Waals surface area contributed by atoms with Crippen LogP contribution >= 0.6 is 11.8 Å². The van der Waals surface area contributed by atoms with Gasteiger partial charge in [-0.25, -0.2) is 9.36 Å². The lowest BCUT2D eigenvalue weighted by atomic mass is 10.1. The molecule has 0 aliphatic rings. The summed E-state index contributed by atoms with van der Waals surface area (Å²) >= 11 is 1.21. The molecule has 0 bridgehead atoms. The molecule has 29 heavy (non-hydrogen) atoms. The third-order valence-electron chi connectivity index (χ3n) is 4.20. The number of carbonyl (C=O) groups excluding carboxylic acids is 1. The van der Waals surface area contributed by atoms with Gasteiger partial charge in [0.2, 0.25) is 11.1 Å². The highest BCUT2D eigenvalue weighted by Gasteiger charge is 2.15. The Morgan fingerprint density at radius 1 is 1.14 bits per heavy atom. The zero-order valence-corrected chi connectivity index (χ0v) is 16.5. The van der Waals surface area contributed by atoms with E-state index in [0.29, 0.717) is 11.0 Å². The molecular weight excluding hydrogens is 386 g/mol. The van der Waals surface area contributed by atoms with Crippen LogP contribution in [0.15, 0.2) is 72.1 Å². The second kappa shape index (κ2) is 8.19. The van der Waals surface area contributed by atoms with Crippen molar-refractivity contribution in [3.05, 3.63) is 72.6 Å². The number of amides is 1. The van der Waals surface area contributed by atoms with Gasteiger partial charge in [-0.05, 0) is 19.1 Å². The SMILES string of the molecule is Cc1ccc(-c2cc(NC(=O)CSc3nncn3N)n(-c3ccccc3)n2)cc1. The molecule has 2 heterocycles. The van der Waals surface area contributed by atoms with Crippen LogP contribution in [0.2, 0.25) is 0 Å². The Hall–Kier alpha value is -3.59. The Balaban J connectivity index is 1.59. The number of anilines is 1. The maximum Gasteiger partial charge on any atom is 0.236 e. The normalized spacial score (nSPS) is 10.8. The largest absolute Gasteiger partial charge is 0.336 e. The molecule has 0 aliphatic carbocycles. The molecule has 9 heteroatoms. The number of carbonyl (C=O) groups is 1. The standard InChI is InChI=1S/C20H19N7OS/c1-14-7-9-15(10-8-14)17-11-18(27(25-17)16-5-3-2-4-6-16)23-19(28)12-29-20-24-22-13-26(20)21/h2-11,13H,12,21H2,1H3,(H,23,28). The van der Waals surface area contributed by atoms with E-state index in [1.165, 1.54) is 28.3 Å². The lowest BCUT2D eigenvalue weighted by Crippen LogP contribution is -2.18. The highest BCUT2D eigenvalue weighted by Crippen LogP contribution is 2.25. The molecule has 0 fully saturated rings. The number of rotatable bonds is 6. The minimum Gasteiger partial charge on any atom is -0.336 e. The Morgan fingerprint density at radius 3 is 2.59 bits per heavy atom. The number of para-hydroxylation sites is 1. The van der Waals surface area contributed by atoms with E-state index in [4.69, 9.17) is 10.9 Å². The fourth-order valence-electron chi connectivity index (χ4n) is 2.75. The Kier molecular flexibility index (Phi) is 5.30. The van der Waals surface area contributed by atoms with Crippen LogP contribution in [0, 0.1) is 6.92 Å². The van der Waals surface area contributed by atoms with Gasteiger partial charge in [0.1, 0.15) is 12.1 Å². The van der Waals surface area contributed by atoms with Crippen LogP contribution in [0.3, 0.4) is 0 Å². The van der Waals surface area contributed by atoms with Crippen molar-refractivity contribution in [2.75, 3.05) is 16.9 Å². The predicted molar refractivity (Wildman–Crippen MR) is 113 cm³/mol. The first-order valence-corrected chi connectivity index (χ1v) is 9.89. The maximum absolute atomic E-state index is 12.5. The summed E-state index contributed by atoms with van der Waals surface area (Å²) in [5.74, 6) is 6.23. The van der Waals surface area contributed by atoms with E-state index in [0.717, 1.165) is 16.9 Å². The van der Waals surface area contributed by atoms with Gasteiger partial charge in [-0.1, -0.05) is 59.8 Å². The van der Waals surface area contributed by atoms with Crippen LogP contribution in [0.4, 0.5) is 5.82 Å². The molecule has 0 aliphatic heterocycles. The van der Waals surface area contributed by atoms with E-state index < -0.39 is 0 Å². The number of nitrogen functional groups attached to an aromatic ring is 1. The molecule has 0 saturated heterocycles. The molecule has 0 atom stereocenters. The van der Waals surface area contributed by atoms with Crippen molar-refractivity contribution in [1.29, 1.82) is 0 Å². The predicted octanol–water partition coefficient (Wildman–Crippen LogP) is 2.88. The van der Waals surface area contributed by atoms with E-state index in [2.05, 4.69) is 15.5 Å². The van der Waals surface area contributed by atoms with Crippen molar-refractivity contribution < 1.29 is 4.79 Å². The van der Waals surface area contributed by atoms with Crippen molar-refractivity contribution in [1.82, 2.24) is 24.7 Å². The number of benzene rings is 2. The number of nitrogens with zero attached hydrogens (tertiary/aromatic N) is 5. The fourth-order valence-corrected chi connectivity index (χ4v) is 3.38. The summed E-state index contributed by atoms with van der Waals surface area (Å²) in [4.78, 5) is 12.5. The highest BCUT2D eigenvalue weighted by atomic mass is 32.2. The summed E-state index contributed by atoms with van der Waals surface area (Å²) in [5, 5.41) is 15.7. The van der Waals surface area contributed by atoms with E-state index >= 15 is 0 Å². The summed E-state index contributed by atoms with van der Waals surface area (Å²) in [7, 11) is 0. The summed E-state index contributed by atoms with van der Waals surface area (Å²) in [5.41, 5.74) is 3.79. The van der Waals surface area contributed by atoms with Gasteiger partial charge in [-0.2, -0.15) is 5.10 Å². The average Bonchev–Trinajstić information content (AvgIpc) is 3.34. The number of hydrogen-bond donors (Lipinski definition) is 2. The number of nitrogens with two attached hydrogens (primary N) is 1. The molecule has 1 amide bonds. The van der Waals surface area contributed by atoms with Gasteiger partial charge >= 0.3 is 0 Å². The molecule has 2 aromatic carbocycles. The first kappa shape index (κ1) is 18.8. The number of aromatic nitrogens is 5. The molecule has 0 saturated carbocycles. The lowest BCUT2D eigenvalue weighted by molar-refractivity contribution is -0.113. The van der Waals surface area contributed by atoms with E-state index in [9.17, 15) is 4.79 Å². The molecular formula is C20H19N7OS. The van der Waals surface area contributed by atoms with Crippen molar-refractivity contribution in [2.45, 2.75) is 12.1 Å². The first-order valence-electron chi connectivity index (χ1n) is 8.90. The number of nitrogens with one attached hydrogen (secondary N) is 1. The summed E-state index contributed by atoms with van der Waals surface area (Å²) < 4.78 is 3.00. The third kappa shape index (κ3) is 4.30. The van der Waals surface area contributed by atoms with Gasteiger partial charge in [-0.15, -0.1) is 10.2 Å². The van der Waals surface area contributed by atoms with Gasteiger partial charge in [0.05, 0.1) is 17.1 Å². The second-order valence-electron chi connectivity index (χ2n) is 6.39. The number of thioether (sulfide) groups is 1. The highest BCUT2D eigenvalue weighted by molar-refractivity contribution is 7.99. The molecule has 0 unspecified atom stereocenters. The minimum atomic E-state index is -0.189. The number of aryl methyl sites for hydroxylation is 1. The van der Waals surface area contributed by atoms with Gasteiger partial charge in [-0.3, -0.25) is 4.79 Å². The van der Waals surface area contributed by atoms with Gasteiger partial charge in [0.25, 0.3) is 0 Å². The molecule has 0 radical (unpaired) electrons. The van der Waals surface area contributed by atoms with Crippen molar-refractivity contribution in [3.63, 3.8) is 0 Å². The molecule has 8 nitrogen and oxygen atoms in total. The quantitative estimate of drug-likeness (QED) is 0.378. The Morgan fingerprint density at radius 2 is 1.90 bits per heavy atom. The molecule has 3 N–H and O–H groups in total. The summed E-state index contributed by atoms with van der Waals surface area (Å²) in [6.07, 6.45) is 1.39. The lowest BCUT2D eigenvalue weighted by Gasteiger charge is -2.08. The van der Waals surface area contributed by atoms with E-state index in [1.54, 1.807) is 4.68 Å². The topological polar surface area (TPSA) is 104 Å². The Bertz CT molecular complexity index is 1120. The zero-order valence-electron chi connectivity index (χ0n) is 15.7. The van der Waals surface area contributed by atoms with Crippen molar-refractivity contribution >= 4 is 23.5 Å². The van der Waals surface area contributed by atoms with Crippen LogP contribution in [0.25, 0.3) is 16.9 Å². The van der Waals surface area contributed by atoms with Gasteiger partial charge < -0.3 is 11.2 Å². The van der Waals surface area contributed by atoms with E-state index in [1.807, 2.05) is 67.6 Å². The van der Waals surface area contributed by atoms with Crippen molar-refractivity contribution in [2.24, 2.45) is 0 Å². The van der Waals surface area contributed by atoms with E-state index in [-0.39, 0.29) is 11.7 Å². The molecule has 146 valence electrons. The molecule has 0 spiro atoms. The third-order valence-corrected chi connectivity index (χ3v) is 5.15. The minimum absolute atomic E-state index is 0.149. The van der Waals surface area contributed by atoms with Gasteiger partial charge in [0.15, 0.2) is 0 Å². The number of hydrogen-bond acceptors (Lipinski definition) is 6. The monoisotopic (exact) mass is 405 g/mol. The molecule has 4 aromatic rings. The van der Waals surface area contributed by atoms with Gasteiger partial charge in [0, 0.05) is 11.6 Å². The van der Waals surface area contributed by atoms with Crippen LogP contribution in [-0.2, 0) is 4.79 Å². The van der Waals surface area contributed by atoms with Crippen LogP contribution in [0.1, 0.15) is 5.56 Å². The van der Waals surface area contributed by atoms with Crippen molar-refractivity contribution in [3.8, 4) is 16.9 Å². The molecule has 2 aromatic heterocycles. The smallest absolute Gasteiger partial charge is 0.236 e. The zero-order chi connectivity index (χ0) is 20.2. The first-order chi connectivity index (χ1) is 14.1. The van der Waals surface area contributed by atoms with Crippen LogP contribution in [-0.4, -0.2) is 36.3 Å². The fraction of sp³-hybridized carbons (Fsp3) is 0.100. The second-order valence-corrected chi connectivity index (χ2v) is 7.33. The van der Waals surface area contributed by atoms with Crippen LogP contribution in [0.5, 0.6) is 0 Å².